The van der Waals surface area contributed by atoms with Gasteiger partial charge in [0.15, 0.2) is 18.7 Å². The molecule has 0 unspecified atom stereocenters. The summed E-state index contributed by atoms with van der Waals surface area (Å²) in [5.41, 5.74) is -2.67. The number of nitrogens with zero attached hydrogens (tertiary/aromatic N) is 1. The standard InChI is InChI=1S/C44H74NO12/c1-14-32-44(10,50)37(47)26(4)35-24(2)21-43(9,57-35)39(56-41-34(46)31(20-25(3)52-41)45(11,12)23-30-18-16-15-17-19-30)27(5)36(28(6)40(49)54-32)55-33-22-42(8,51-13)38(48)29(7)53-33/h15-19,24-29,31-39,41,46-48,50H,14,20-23H2,1-13H3/q+1/t24-,25-,26+,27+,28-,29+,31+,32-,33+,34-,35-,36+,37-,38+,39-,41+,42-,43-,44-/m1/s1. The number of quaternary nitrogens is 1. The number of carbonyl (C=O) groups excluding carboxylic acids is 1. The minimum absolute atomic E-state index is 0.0760. The van der Waals surface area contributed by atoms with Crippen molar-refractivity contribution in [2.24, 2.45) is 23.7 Å². The molecule has 4 aliphatic heterocycles. The van der Waals surface area contributed by atoms with Gasteiger partial charge in [0.2, 0.25) is 0 Å². The van der Waals surface area contributed by atoms with Gasteiger partial charge < -0.3 is 58.1 Å². The average Bonchev–Trinajstić information content (AvgIpc) is 3.47. The van der Waals surface area contributed by atoms with Crippen LogP contribution in [0.1, 0.15) is 100 Å². The van der Waals surface area contributed by atoms with E-state index in [0.29, 0.717) is 23.9 Å². The minimum Gasteiger partial charge on any atom is -0.459 e. The summed E-state index contributed by atoms with van der Waals surface area (Å²) in [6.45, 7) is 19.1. The Kier molecular flexibility index (Phi) is 14.4. The first kappa shape index (κ1) is 46.3. The van der Waals surface area contributed by atoms with Crippen LogP contribution in [0.2, 0.25) is 0 Å². The monoisotopic (exact) mass is 809 g/mol. The third kappa shape index (κ3) is 9.44. The molecule has 5 rings (SSSR count). The van der Waals surface area contributed by atoms with Crippen LogP contribution in [-0.2, 0) is 44.5 Å². The van der Waals surface area contributed by atoms with Crippen LogP contribution < -0.4 is 0 Å². The van der Waals surface area contributed by atoms with Crippen LogP contribution in [-0.4, -0.2) is 142 Å². The van der Waals surface area contributed by atoms with Crippen molar-refractivity contribution < 1.29 is 62.9 Å². The average molecular weight is 809 g/mol. The van der Waals surface area contributed by atoms with Crippen molar-refractivity contribution in [2.45, 2.75) is 192 Å². The summed E-state index contributed by atoms with van der Waals surface area (Å²) in [6, 6.07) is 9.96. The smallest absolute Gasteiger partial charge is 0.311 e. The van der Waals surface area contributed by atoms with Crippen LogP contribution in [0, 0.1) is 23.7 Å². The zero-order valence-corrected chi connectivity index (χ0v) is 36.7. The Morgan fingerprint density at radius 2 is 1.54 bits per heavy atom. The Bertz CT molecular complexity index is 1480. The first-order valence-corrected chi connectivity index (χ1v) is 21.2. The molecule has 4 heterocycles. The lowest BCUT2D eigenvalue weighted by Gasteiger charge is -2.50. The molecule has 0 spiro atoms. The molecule has 4 saturated heterocycles. The Morgan fingerprint density at radius 3 is 2.16 bits per heavy atom. The largest absolute Gasteiger partial charge is 0.459 e. The van der Waals surface area contributed by atoms with Gasteiger partial charge in [-0.1, -0.05) is 58.0 Å². The third-order valence-corrected chi connectivity index (χ3v) is 14.1. The molecule has 0 saturated carbocycles. The van der Waals surface area contributed by atoms with Crippen molar-refractivity contribution >= 4 is 5.97 Å². The Balaban J connectivity index is 1.58. The summed E-state index contributed by atoms with van der Waals surface area (Å²) in [5.74, 6) is -2.80. The van der Waals surface area contributed by atoms with Crippen LogP contribution in [0.25, 0.3) is 0 Å². The highest BCUT2D eigenvalue weighted by Crippen LogP contribution is 2.48. The highest BCUT2D eigenvalue weighted by Gasteiger charge is 2.58. The number of esters is 1. The van der Waals surface area contributed by atoms with Gasteiger partial charge in [-0.2, -0.15) is 0 Å². The predicted octanol–water partition coefficient (Wildman–Crippen LogP) is 4.34. The van der Waals surface area contributed by atoms with Gasteiger partial charge >= 0.3 is 5.97 Å². The molecule has 1 aromatic carbocycles. The lowest BCUT2D eigenvalue weighted by molar-refractivity contribution is -0.934. The van der Waals surface area contributed by atoms with Gasteiger partial charge in [-0.25, -0.2) is 0 Å². The molecule has 13 heteroatoms. The molecule has 2 bridgehead atoms. The second kappa shape index (κ2) is 17.7. The summed E-state index contributed by atoms with van der Waals surface area (Å²) < 4.78 is 46.1. The highest BCUT2D eigenvalue weighted by atomic mass is 16.7. The van der Waals surface area contributed by atoms with Gasteiger partial charge in [-0.05, 0) is 60.3 Å². The second-order valence-electron chi connectivity index (χ2n) is 19.2. The van der Waals surface area contributed by atoms with Gasteiger partial charge in [0, 0.05) is 37.4 Å². The molecule has 13 nitrogen and oxygen atoms in total. The number of aliphatic hydroxyl groups excluding tert-OH is 3. The topological polar surface area (TPSA) is 163 Å². The van der Waals surface area contributed by atoms with E-state index in [9.17, 15) is 25.2 Å². The molecule has 19 atom stereocenters. The summed E-state index contributed by atoms with van der Waals surface area (Å²) in [7, 11) is 5.77. The van der Waals surface area contributed by atoms with E-state index >= 15 is 0 Å². The zero-order valence-electron chi connectivity index (χ0n) is 36.7. The number of benzene rings is 1. The third-order valence-electron chi connectivity index (χ3n) is 14.1. The second-order valence-corrected chi connectivity index (χ2v) is 19.2. The van der Waals surface area contributed by atoms with E-state index in [0.717, 1.165) is 5.56 Å². The van der Waals surface area contributed by atoms with Gasteiger partial charge in [0.05, 0.1) is 67.8 Å². The number of likely N-dealkylation sites (N-methyl/N-ethyl adjacent to an activating group) is 1. The fourth-order valence-corrected chi connectivity index (χ4v) is 10.6. The fourth-order valence-electron chi connectivity index (χ4n) is 10.6. The van der Waals surface area contributed by atoms with Crippen LogP contribution in [0.4, 0.5) is 0 Å². The van der Waals surface area contributed by atoms with E-state index in [-0.39, 0.29) is 30.9 Å². The van der Waals surface area contributed by atoms with Crippen molar-refractivity contribution in [3.05, 3.63) is 35.9 Å². The number of rotatable bonds is 9. The first-order chi connectivity index (χ1) is 26.5. The molecule has 4 fully saturated rings. The molecule has 0 radical (unpaired) electrons. The quantitative estimate of drug-likeness (QED) is 0.207. The molecule has 0 amide bonds. The number of cyclic esters (lactones) is 1. The van der Waals surface area contributed by atoms with Crippen molar-refractivity contribution in [3.8, 4) is 0 Å². The summed E-state index contributed by atoms with van der Waals surface area (Å²) in [6.07, 6.45) is -7.81. The number of hydrogen-bond donors (Lipinski definition) is 4. The number of hydrogen-bond acceptors (Lipinski definition) is 12. The molecule has 1 aromatic rings. The molecule has 4 N–H and O–H groups in total. The van der Waals surface area contributed by atoms with Gasteiger partial charge in [-0.15, -0.1) is 0 Å². The molecule has 0 aliphatic carbocycles. The van der Waals surface area contributed by atoms with E-state index < -0.39 is 102 Å². The Morgan fingerprint density at radius 1 is 0.895 bits per heavy atom. The summed E-state index contributed by atoms with van der Waals surface area (Å²) in [4.78, 5) is 14.3. The fraction of sp³-hybridized carbons (Fsp3) is 0.841. The Labute approximate surface area is 340 Å². The van der Waals surface area contributed by atoms with Crippen LogP contribution >= 0.6 is 0 Å². The van der Waals surface area contributed by atoms with Crippen LogP contribution in [0.15, 0.2) is 30.3 Å². The maximum absolute atomic E-state index is 14.3. The number of fused-ring (bicyclic) bond motifs is 2. The number of ether oxygens (including phenoxy) is 7. The van der Waals surface area contributed by atoms with Crippen LogP contribution in [0.3, 0.4) is 0 Å². The van der Waals surface area contributed by atoms with E-state index in [4.69, 9.17) is 33.2 Å². The van der Waals surface area contributed by atoms with E-state index in [1.165, 1.54) is 14.0 Å². The lowest BCUT2D eigenvalue weighted by atomic mass is 9.76. The zero-order chi connectivity index (χ0) is 42.4. The van der Waals surface area contributed by atoms with Gasteiger partial charge in [-0.3, -0.25) is 4.79 Å². The maximum Gasteiger partial charge on any atom is 0.311 e. The summed E-state index contributed by atoms with van der Waals surface area (Å²) >= 11 is 0. The molecule has 0 aromatic heterocycles. The van der Waals surface area contributed by atoms with Gasteiger partial charge in [0.1, 0.15) is 30.4 Å². The van der Waals surface area contributed by atoms with Crippen molar-refractivity contribution in [3.63, 3.8) is 0 Å². The molecular weight excluding hydrogens is 734 g/mol. The molecule has 326 valence electrons. The van der Waals surface area contributed by atoms with Gasteiger partial charge in [0.25, 0.3) is 0 Å². The lowest BCUT2D eigenvalue weighted by Crippen LogP contribution is -2.64. The van der Waals surface area contributed by atoms with Crippen molar-refractivity contribution in [1.29, 1.82) is 0 Å². The maximum atomic E-state index is 14.3. The van der Waals surface area contributed by atoms with Crippen molar-refractivity contribution in [1.82, 2.24) is 0 Å². The Hall–Kier alpha value is -1.75. The van der Waals surface area contributed by atoms with E-state index in [2.05, 4.69) is 33.2 Å². The number of methoxy groups -OCH3 is 1. The minimum atomic E-state index is -1.80. The number of aliphatic hydroxyl groups is 4. The molecule has 57 heavy (non-hydrogen) atoms. The first-order valence-electron chi connectivity index (χ1n) is 21.2. The predicted molar refractivity (Wildman–Crippen MR) is 212 cm³/mol. The highest BCUT2D eigenvalue weighted by molar-refractivity contribution is 5.73. The SMILES string of the molecule is CC[C@H]1OC(=O)[C@H](C)[C@@H](O[C@H]2C[C@@](C)(OC)[C@@H](O)[C@H](C)O2)[C@H](C)[C@@H](O[C@@H]2O[C@H](C)C[C@H]([N+](C)(C)Cc3ccccc3)[C@H]2O)[C@@]2(C)C[C@@H](C)[C@@H](O2)[C@H](C)[C@@H](O)[C@]1(C)O. The van der Waals surface area contributed by atoms with Crippen LogP contribution in [0.5, 0.6) is 0 Å². The normalized spacial score (nSPS) is 47.7. The van der Waals surface area contributed by atoms with Crippen molar-refractivity contribution in [2.75, 3.05) is 21.2 Å². The van der Waals surface area contributed by atoms with E-state index in [1.807, 2.05) is 45.9 Å². The molecular formula is C44H74NO12+. The number of carbonyl (C=O) groups is 1. The molecule has 4 aliphatic rings. The van der Waals surface area contributed by atoms with E-state index in [1.54, 1.807) is 27.7 Å². The summed E-state index contributed by atoms with van der Waals surface area (Å²) in [5, 5.41) is 46.9.